The predicted octanol–water partition coefficient (Wildman–Crippen LogP) is 3.24. The van der Waals surface area contributed by atoms with Gasteiger partial charge < -0.3 is 4.74 Å². The molecule has 2 atom stereocenters. The molecule has 0 radical (unpaired) electrons. The number of allylic oxidation sites excluding steroid dienone is 1. The van der Waals surface area contributed by atoms with Gasteiger partial charge >= 0.3 is 0 Å². The number of hydrogen-bond donors (Lipinski definition) is 0. The Kier molecular flexibility index (Phi) is 3.37. The van der Waals surface area contributed by atoms with Crippen LogP contribution in [0.25, 0.3) is 0 Å². The van der Waals surface area contributed by atoms with E-state index in [9.17, 15) is 0 Å². The molecular weight excluding hydrogens is 222 g/mol. The molecule has 18 heavy (non-hydrogen) atoms. The van der Waals surface area contributed by atoms with Crippen LogP contribution in [-0.2, 0) is 6.54 Å². The third-order valence-corrected chi connectivity index (χ3v) is 4.27. The first-order chi connectivity index (χ1) is 8.86. The highest BCUT2D eigenvalue weighted by atomic mass is 16.5. The molecule has 2 unspecified atom stereocenters. The van der Waals surface area contributed by atoms with Crippen LogP contribution in [-0.4, -0.2) is 24.6 Å². The predicted molar refractivity (Wildman–Crippen MR) is 73.7 cm³/mol. The number of fused-ring (bicyclic) bond motifs is 1. The molecule has 1 aromatic rings. The standard InChI is InChI=1S/C16H21NO/c1-18-15-8-6-13(7-9-15)12-17-11-10-14-4-2-3-5-16(14)17/h2,4,6-9,14,16H,3,5,10-12H2,1H3. The lowest BCUT2D eigenvalue weighted by Gasteiger charge is -2.29. The van der Waals surface area contributed by atoms with Crippen LogP contribution in [0.1, 0.15) is 24.8 Å². The van der Waals surface area contributed by atoms with Gasteiger partial charge in [0.15, 0.2) is 0 Å². The topological polar surface area (TPSA) is 12.5 Å². The lowest BCUT2D eigenvalue weighted by Crippen LogP contribution is -2.32. The van der Waals surface area contributed by atoms with Gasteiger partial charge in [0, 0.05) is 12.6 Å². The van der Waals surface area contributed by atoms with E-state index in [1.54, 1.807) is 7.11 Å². The maximum absolute atomic E-state index is 5.20. The van der Waals surface area contributed by atoms with E-state index in [-0.39, 0.29) is 0 Å². The second kappa shape index (κ2) is 5.15. The summed E-state index contributed by atoms with van der Waals surface area (Å²) in [5.74, 6) is 1.75. The van der Waals surface area contributed by atoms with Gasteiger partial charge in [0.2, 0.25) is 0 Å². The van der Waals surface area contributed by atoms with E-state index >= 15 is 0 Å². The number of benzene rings is 1. The molecule has 2 nitrogen and oxygen atoms in total. The van der Waals surface area contributed by atoms with Crippen LogP contribution in [0, 0.1) is 5.92 Å². The fraction of sp³-hybridized carbons (Fsp3) is 0.500. The fourth-order valence-electron chi connectivity index (χ4n) is 3.26. The summed E-state index contributed by atoms with van der Waals surface area (Å²) in [6, 6.07) is 9.26. The van der Waals surface area contributed by atoms with Crippen molar-refractivity contribution >= 4 is 0 Å². The molecule has 1 heterocycles. The van der Waals surface area contributed by atoms with Crippen molar-refractivity contribution in [3.05, 3.63) is 42.0 Å². The van der Waals surface area contributed by atoms with E-state index in [0.29, 0.717) is 0 Å². The first-order valence-corrected chi connectivity index (χ1v) is 6.90. The van der Waals surface area contributed by atoms with Crippen molar-refractivity contribution in [3.63, 3.8) is 0 Å². The maximum atomic E-state index is 5.20. The molecule has 0 aromatic heterocycles. The molecule has 3 rings (SSSR count). The molecule has 0 spiro atoms. The summed E-state index contributed by atoms with van der Waals surface area (Å²) in [6.07, 6.45) is 8.70. The number of methoxy groups -OCH3 is 1. The Hall–Kier alpha value is -1.28. The van der Waals surface area contributed by atoms with Crippen molar-refractivity contribution in [1.82, 2.24) is 4.90 Å². The van der Waals surface area contributed by atoms with Crippen molar-refractivity contribution in [1.29, 1.82) is 0 Å². The molecular formula is C16H21NO. The summed E-state index contributed by atoms with van der Waals surface area (Å²) in [5, 5.41) is 0. The Balaban J connectivity index is 1.67. The lowest BCUT2D eigenvalue weighted by atomic mass is 9.91. The molecule has 0 saturated carbocycles. The van der Waals surface area contributed by atoms with E-state index in [1.807, 2.05) is 0 Å². The SMILES string of the molecule is COc1ccc(CN2CCC3C=CCCC32)cc1. The Morgan fingerprint density at radius 2 is 2.06 bits per heavy atom. The van der Waals surface area contributed by atoms with Crippen LogP contribution in [0.4, 0.5) is 0 Å². The Labute approximate surface area is 109 Å². The van der Waals surface area contributed by atoms with E-state index in [4.69, 9.17) is 4.74 Å². The maximum Gasteiger partial charge on any atom is 0.118 e. The minimum Gasteiger partial charge on any atom is -0.497 e. The fourth-order valence-corrected chi connectivity index (χ4v) is 3.26. The Morgan fingerprint density at radius 3 is 2.83 bits per heavy atom. The molecule has 1 saturated heterocycles. The van der Waals surface area contributed by atoms with Crippen LogP contribution >= 0.6 is 0 Å². The van der Waals surface area contributed by atoms with Gasteiger partial charge in [0.05, 0.1) is 7.11 Å². The molecule has 1 fully saturated rings. The summed E-state index contributed by atoms with van der Waals surface area (Å²) < 4.78 is 5.20. The van der Waals surface area contributed by atoms with Crippen LogP contribution < -0.4 is 4.74 Å². The minimum absolute atomic E-state index is 0.775. The van der Waals surface area contributed by atoms with Gasteiger partial charge in [0.1, 0.15) is 5.75 Å². The zero-order valence-electron chi connectivity index (χ0n) is 11.0. The van der Waals surface area contributed by atoms with Crippen molar-refractivity contribution in [3.8, 4) is 5.75 Å². The average Bonchev–Trinajstić information content (AvgIpc) is 2.83. The smallest absolute Gasteiger partial charge is 0.118 e. The molecule has 0 bridgehead atoms. The highest BCUT2D eigenvalue weighted by Gasteiger charge is 2.33. The second-order valence-electron chi connectivity index (χ2n) is 5.34. The van der Waals surface area contributed by atoms with E-state index in [0.717, 1.165) is 24.3 Å². The monoisotopic (exact) mass is 243 g/mol. The lowest BCUT2D eigenvalue weighted by molar-refractivity contribution is 0.215. The highest BCUT2D eigenvalue weighted by molar-refractivity contribution is 5.27. The van der Waals surface area contributed by atoms with Gasteiger partial charge in [-0.25, -0.2) is 0 Å². The summed E-state index contributed by atoms with van der Waals surface area (Å²) >= 11 is 0. The minimum atomic E-state index is 0.775. The number of likely N-dealkylation sites (tertiary alicyclic amines) is 1. The molecule has 0 N–H and O–H groups in total. The first kappa shape index (κ1) is 11.8. The number of hydrogen-bond acceptors (Lipinski definition) is 2. The van der Waals surface area contributed by atoms with Crippen LogP contribution in [0.3, 0.4) is 0 Å². The van der Waals surface area contributed by atoms with E-state index < -0.39 is 0 Å². The van der Waals surface area contributed by atoms with Gasteiger partial charge in [-0.15, -0.1) is 0 Å². The van der Waals surface area contributed by atoms with E-state index in [1.165, 1.54) is 31.4 Å². The van der Waals surface area contributed by atoms with Gasteiger partial charge in [-0.1, -0.05) is 24.3 Å². The van der Waals surface area contributed by atoms with Gasteiger partial charge in [-0.05, 0) is 49.4 Å². The Bertz CT molecular complexity index is 423. The molecule has 2 aliphatic rings. The quantitative estimate of drug-likeness (QED) is 0.756. The zero-order chi connectivity index (χ0) is 12.4. The summed E-state index contributed by atoms with van der Waals surface area (Å²) in [5.41, 5.74) is 1.39. The van der Waals surface area contributed by atoms with Crippen molar-refractivity contribution in [2.45, 2.75) is 31.8 Å². The normalized spacial score (nSPS) is 27.2. The van der Waals surface area contributed by atoms with Crippen molar-refractivity contribution < 1.29 is 4.74 Å². The molecule has 1 aromatic carbocycles. The third kappa shape index (κ3) is 2.30. The molecule has 2 heteroatoms. The van der Waals surface area contributed by atoms with Crippen LogP contribution in [0.5, 0.6) is 5.75 Å². The van der Waals surface area contributed by atoms with Crippen LogP contribution in [0.2, 0.25) is 0 Å². The molecule has 96 valence electrons. The zero-order valence-corrected chi connectivity index (χ0v) is 11.0. The van der Waals surface area contributed by atoms with Gasteiger partial charge in [-0.2, -0.15) is 0 Å². The van der Waals surface area contributed by atoms with E-state index in [2.05, 4.69) is 41.3 Å². The largest absolute Gasteiger partial charge is 0.497 e. The molecule has 1 aliphatic heterocycles. The summed E-state index contributed by atoms with van der Waals surface area (Å²) in [7, 11) is 1.72. The summed E-state index contributed by atoms with van der Waals surface area (Å²) in [4.78, 5) is 2.65. The molecule has 1 aliphatic carbocycles. The van der Waals surface area contributed by atoms with Gasteiger partial charge in [0.25, 0.3) is 0 Å². The molecule has 0 amide bonds. The third-order valence-electron chi connectivity index (χ3n) is 4.27. The second-order valence-corrected chi connectivity index (χ2v) is 5.34. The van der Waals surface area contributed by atoms with Crippen molar-refractivity contribution in [2.75, 3.05) is 13.7 Å². The van der Waals surface area contributed by atoms with Crippen LogP contribution in [0.15, 0.2) is 36.4 Å². The van der Waals surface area contributed by atoms with Gasteiger partial charge in [-0.3, -0.25) is 4.90 Å². The number of nitrogens with zero attached hydrogens (tertiary/aromatic N) is 1. The highest BCUT2D eigenvalue weighted by Crippen LogP contribution is 2.33. The number of rotatable bonds is 3. The summed E-state index contributed by atoms with van der Waals surface area (Å²) in [6.45, 7) is 2.32. The number of ether oxygens (including phenoxy) is 1. The average molecular weight is 243 g/mol. The Morgan fingerprint density at radius 1 is 1.22 bits per heavy atom. The first-order valence-electron chi connectivity index (χ1n) is 6.90. The van der Waals surface area contributed by atoms with Crippen molar-refractivity contribution in [2.24, 2.45) is 5.92 Å².